The number of benzene rings is 1. The summed E-state index contributed by atoms with van der Waals surface area (Å²) < 4.78 is 3.38. The average Bonchev–Trinajstić information content (AvgIpc) is 2.70. The van der Waals surface area contributed by atoms with E-state index in [1.54, 1.807) is 11.3 Å². The molecule has 0 saturated carbocycles. The first kappa shape index (κ1) is 14.7. The molecule has 0 aliphatic carbocycles. The summed E-state index contributed by atoms with van der Waals surface area (Å²) in [5.41, 5.74) is 1.28. The molecule has 1 aromatic carbocycles. The average molecular weight is 454 g/mol. The molecule has 1 atom stereocenters. The molecule has 1 nitrogen and oxygen atoms in total. The summed E-state index contributed by atoms with van der Waals surface area (Å²) in [6.45, 7) is 0. The van der Waals surface area contributed by atoms with Gasteiger partial charge in [-0.25, -0.2) is 0 Å². The summed E-state index contributed by atoms with van der Waals surface area (Å²) >= 11 is 12.4. The van der Waals surface area contributed by atoms with E-state index in [1.165, 1.54) is 14.2 Å². The number of hydrogen-bond donors (Lipinski definition) is 1. The van der Waals surface area contributed by atoms with Gasteiger partial charge in [-0.05, 0) is 58.9 Å². The van der Waals surface area contributed by atoms with Gasteiger partial charge in [-0.2, -0.15) is 0 Å². The lowest BCUT2D eigenvalue weighted by Crippen LogP contribution is -2.18. The fraction of sp³-hybridized carbons (Fsp3) is 0.231. The molecule has 1 aromatic heterocycles. The van der Waals surface area contributed by atoms with Gasteiger partial charge in [0, 0.05) is 26.3 Å². The molecule has 0 radical (unpaired) electrons. The van der Waals surface area contributed by atoms with Crippen molar-refractivity contribution in [3.8, 4) is 0 Å². The molecule has 0 fully saturated rings. The summed E-state index contributed by atoms with van der Waals surface area (Å²) in [5, 5.41) is 3.38. The van der Waals surface area contributed by atoms with Gasteiger partial charge in [0.15, 0.2) is 0 Å². The normalized spacial score (nSPS) is 12.7. The number of halogens is 3. The van der Waals surface area contributed by atoms with Gasteiger partial charge < -0.3 is 5.32 Å². The first-order valence-electron chi connectivity index (χ1n) is 5.46. The Morgan fingerprint density at radius 1 is 1.11 bits per heavy atom. The van der Waals surface area contributed by atoms with Crippen molar-refractivity contribution in [1.29, 1.82) is 0 Å². The minimum absolute atomic E-state index is 0.323. The highest BCUT2D eigenvalue weighted by molar-refractivity contribution is 9.11. The zero-order chi connectivity index (χ0) is 13.1. The molecule has 0 aliphatic rings. The van der Waals surface area contributed by atoms with E-state index in [1.807, 2.05) is 7.05 Å². The quantitative estimate of drug-likeness (QED) is 0.641. The van der Waals surface area contributed by atoms with Crippen LogP contribution in [0.15, 0.2) is 43.1 Å². The van der Waals surface area contributed by atoms with Crippen molar-refractivity contribution in [2.45, 2.75) is 12.5 Å². The van der Waals surface area contributed by atoms with Crippen LogP contribution < -0.4 is 5.32 Å². The standard InChI is InChI=1S/C13H12Br3NS/c1-17-12(7-11-2-3-13(16)18-11)8-4-9(14)6-10(15)5-8/h2-6,12,17H,7H2,1H3. The van der Waals surface area contributed by atoms with Crippen molar-refractivity contribution in [2.24, 2.45) is 0 Å². The van der Waals surface area contributed by atoms with Crippen molar-refractivity contribution >= 4 is 59.1 Å². The first-order chi connectivity index (χ1) is 8.58. The van der Waals surface area contributed by atoms with Crippen LogP contribution in [0.2, 0.25) is 0 Å². The predicted molar refractivity (Wildman–Crippen MR) is 89.4 cm³/mol. The summed E-state index contributed by atoms with van der Waals surface area (Å²) in [5.74, 6) is 0. The van der Waals surface area contributed by atoms with Gasteiger partial charge in [0.2, 0.25) is 0 Å². The van der Waals surface area contributed by atoms with Crippen LogP contribution >= 0.6 is 59.1 Å². The highest BCUT2D eigenvalue weighted by atomic mass is 79.9. The Labute approximate surface area is 136 Å². The Hall–Kier alpha value is 0.320. The van der Waals surface area contributed by atoms with E-state index < -0.39 is 0 Å². The van der Waals surface area contributed by atoms with Crippen molar-refractivity contribution in [1.82, 2.24) is 5.32 Å². The van der Waals surface area contributed by atoms with Crippen LogP contribution in [0.1, 0.15) is 16.5 Å². The molecule has 18 heavy (non-hydrogen) atoms. The van der Waals surface area contributed by atoms with Gasteiger partial charge >= 0.3 is 0 Å². The van der Waals surface area contributed by atoms with Gasteiger partial charge in [-0.15, -0.1) is 11.3 Å². The Bertz CT molecular complexity index is 519. The lowest BCUT2D eigenvalue weighted by atomic mass is 10.0. The molecule has 1 N–H and O–H groups in total. The van der Waals surface area contributed by atoms with Gasteiger partial charge in [-0.1, -0.05) is 31.9 Å². The molecule has 0 spiro atoms. The lowest BCUT2D eigenvalue weighted by molar-refractivity contribution is 0.596. The smallest absolute Gasteiger partial charge is 0.0701 e. The Balaban J connectivity index is 2.22. The zero-order valence-corrected chi connectivity index (χ0v) is 15.3. The highest BCUT2D eigenvalue weighted by Crippen LogP contribution is 2.29. The molecule has 2 rings (SSSR count). The minimum atomic E-state index is 0.323. The zero-order valence-electron chi connectivity index (χ0n) is 9.71. The number of hydrogen-bond acceptors (Lipinski definition) is 2. The Morgan fingerprint density at radius 3 is 2.28 bits per heavy atom. The second-order valence-electron chi connectivity index (χ2n) is 3.95. The lowest BCUT2D eigenvalue weighted by Gasteiger charge is -2.16. The van der Waals surface area contributed by atoms with Crippen LogP contribution in [0.25, 0.3) is 0 Å². The molecule has 2 aromatic rings. The highest BCUT2D eigenvalue weighted by Gasteiger charge is 2.12. The van der Waals surface area contributed by atoms with Crippen LogP contribution in [-0.4, -0.2) is 7.05 Å². The molecule has 96 valence electrons. The van der Waals surface area contributed by atoms with E-state index in [9.17, 15) is 0 Å². The largest absolute Gasteiger partial charge is 0.313 e. The Morgan fingerprint density at radius 2 is 1.78 bits per heavy atom. The summed E-state index contributed by atoms with van der Waals surface area (Å²) in [4.78, 5) is 1.37. The maximum absolute atomic E-state index is 3.54. The van der Waals surface area contributed by atoms with Crippen LogP contribution in [0, 0.1) is 0 Å². The van der Waals surface area contributed by atoms with E-state index in [0.717, 1.165) is 15.4 Å². The second kappa shape index (κ2) is 6.66. The van der Waals surface area contributed by atoms with Crippen molar-refractivity contribution in [2.75, 3.05) is 7.05 Å². The third-order valence-electron chi connectivity index (χ3n) is 2.67. The second-order valence-corrected chi connectivity index (χ2v) is 8.33. The molecular formula is C13H12Br3NS. The van der Waals surface area contributed by atoms with Gasteiger partial charge in [0.05, 0.1) is 3.79 Å². The first-order valence-corrected chi connectivity index (χ1v) is 8.65. The summed E-state index contributed by atoms with van der Waals surface area (Å²) in [6, 6.07) is 11.0. The van der Waals surface area contributed by atoms with Gasteiger partial charge in [0.1, 0.15) is 0 Å². The van der Waals surface area contributed by atoms with Gasteiger partial charge in [0.25, 0.3) is 0 Å². The summed E-state index contributed by atoms with van der Waals surface area (Å²) in [6.07, 6.45) is 0.996. The van der Waals surface area contributed by atoms with E-state index in [0.29, 0.717) is 6.04 Å². The third kappa shape index (κ3) is 3.90. The monoisotopic (exact) mass is 451 g/mol. The van der Waals surface area contributed by atoms with E-state index in [4.69, 9.17) is 0 Å². The van der Waals surface area contributed by atoms with Crippen LogP contribution in [0.3, 0.4) is 0 Å². The number of thiophene rings is 1. The molecule has 0 saturated heterocycles. The molecule has 0 aliphatic heterocycles. The third-order valence-corrected chi connectivity index (χ3v) is 5.23. The topological polar surface area (TPSA) is 12.0 Å². The van der Waals surface area contributed by atoms with Crippen molar-refractivity contribution in [3.05, 3.63) is 53.5 Å². The van der Waals surface area contributed by atoms with Crippen molar-refractivity contribution < 1.29 is 0 Å². The number of rotatable bonds is 4. The predicted octanol–water partition coefficient (Wildman–Crippen LogP) is 5.54. The number of nitrogens with one attached hydrogen (secondary N) is 1. The molecule has 0 amide bonds. The van der Waals surface area contributed by atoms with E-state index in [2.05, 4.69) is 83.4 Å². The van der Waals surface area contributed by atoms with Crippen LogP contribution in [0.5, 0.6) is 0 Å². The molecule has 1 unspecified atom stereocenters. The Kier molecular flexibility index (Phi) is 5.45. The summed E-state index contributed by atoms with van der Waals surface area (Å²) in [7, 11) is 2.00. The molecule has 1 heterocycles. The van der Waals surface area contributed by atoms with Gasteiger partial charge in [-0.3, -0.25) is 0 Å². The number of likely N-dealkylation sites (N-methyl/N-ethyl adjacent to an activating group) is 1. The maximum Gasteiger partial charge on any atom is 0.0701 e. The van der Waals surface area contributed by atoms with Crippen LogP contribution in [0.4, 0.5) is 0 Å². The SMILES string of the molecule is CNC(Cc1ccc(Br)s1)c1cc(Br)cc(Br)c1. The maximum atomic E-state index is 3.54. The molecule has 5 heteroatoms. The van der Waals surface area contributed by atoms with E-state index in [-0.39, 0.29) is 0 Å². The van der Waals surface area contributed by atoms with E-state index >= 15 is 0 Å². The molecule has 0 bridgehead atoms. The molecular weight excluding hydrogens is 442 g/mol. The minimum Gasteiger partial charge on any atom is -0.313 e. The van der Waals surface area contributed by atoms with Crippen molar-refractivity contribution in [3.63, 3.8) is 0 Å². The van der Waals surface area contributed by atoms with Crippen LogP contribution in [-0.2, 0) is 6.42 Å². The fourth-order valence-electron chi connectivity index (χ4n) is 1.83. The fourth-order valence-corrected chi connectivity index (χ4v) is 4.68.